The minimum Gasteiger partial charge on any atom is -0.395 e. The van der Waals surface area contributed by atoms with Crippen molar-refractivity contribution in [2.45, 2.75) is 38.0 Å². The molecule has 13 aromatic rings. The molecule has 0 spiro atoms. The van der Waals surface area contributed by atoms with Crippen LogP contribution in [-0.2, 0) is 10.0 Å². The Hall–Kier alpha value is -18.0. The van der Waals surface area contributed by atoms with Crippen LogP contribution in [0.25, 0.3) is 10.2 Å². The molecule has 39 nitrogen and oxygen atoms in total. The maximum Gasteiger partial charge on any atom is 0.433 e. The number of thiophene rings is 1. The first-order valence-corrected chi connectivity index (χ1v) is 44.4. The third-order valence-electron chi connectivity index (χ3n) is 21.2. The van der Waals surface area contributed by atoms with Gasteiger partial charge in [0.25, 0.3) is 106 Å². The number of furan rings is 1. The average Bonchev–Trinajstić information content (AvgIpc) is 1.70. The van der Waals surface area contributed by atoms with E-state index in [2.05, 4.69) is 68.8 Å². The van der Waals surface area contributed by atoms with Crippen molar-refractivity contribution in [1.82, 2.24) is 41.2 Å². The fourth-order valence-corrected chi connectivity index (χ4v) is 17.7. The Bertz CT molecular complexity index is 7560. The number of amides is 18. The normalized spacial score (nSPS) is 13.7. The molecule has 690 valence electrons. The van der Waals surface area contributed by atoms with Gasteiger partial charge in [-0.25, -0.2) is 13.4 Å². The molecule has 0 atom stereocenters. The summed E-state index contributed by atoms with van der Waals surface area (Å²) in [5, 5.41) is 39.7. The molecule has 3 aromatic heterocycles. The second-order valence-electron chi connectivity index (χ2n) is 30.4. The number of nitro groups is 1. The SMILES string of the molecule is CC(=O)c1ccc(C(=O)Nc2ccc3c(c2)C(=O)NC3=O)cc1.Cc1ccc(C(=O)Nc2ccc3c(c2)C(=O)NC3=O)cc1.O=C(Nc1ccc2c(c1)C(=O)NC2=O)c1nc2ccccc2s1.O=C(Nc1cccc2c1C(=O)NC2=O)c1ccc(Cl)s1.O=C(Nc1cccc2c1C(=O)NC2=O)c1ccc(S(=O)(=O)N2CCCCC2)cc1.O=C(Nc1cccc2c1C(=O)NC2=O)c1ccc([N+](=O)[O-])o1. The molecule has 138 heavy (non-hydrogen) atoms. The van der Waals surface area contributed by atoms with Gasteiger partial charge in [-0.3, -0.25) is 133 Å². The van der Waals surface area contributed by atoms with Crippen LogP contribution >= 0.6 is 34.3 Å². The number of rotatable bonds is 16. The zero-order valence-corrected chi connectivity index (χ0v) is 74.4. The Morgan fingerprint density at radius 3 is 1.20 bits per heavy atom. The molecule has 43 heteroatoms. The summed E-state index contributed by atoms with van der Waals surface area (Å²) in [7, 11) is -3.57. The topological polar surface area (TPSA) is 575 Å². The zero-order chi connectivity index (χ0) is 98.2. The van der Waals surface area contributed by atoms with E-state index in [4.69, 9.17) is 16.0 Å². The molecule has 1 saturated heterocycles. The van der Waals surface area contributed by atoms with Crippen LogP contribution in [0.4, 0.5) is 40.0 Å². The fourth-order valence-electron chi connectivity index (χ4n) is 14.4. The van der Waals surface area contributed by atoms with Crippen molar-refractivity contribution < 1.29 is 109 Å². The molecule has 7 aliphatic rings. The van der Waals surface area contributed by atoms with Crippen molar-refractivity contribution in [3.8, 4) is 0 Å². The summed E-state index contributed by atoms with van der Waals surface area (Å²) in [6.07, 6.45) is 2.71. The van der Waals surface area contributed by atoms with Gasteiger partial charge >= 0.3 is 5.88 Å². The van der Waals surface area contributed by atoms with E-state index in [0.717, 1.165) is 58.5 Å². The van der Waals surface area contributed by atoms with Gasteiger partial charge < -0.3 is 36.3 Å². The number of fused-ring (bicyclic) bond motifs is 7. The minimum atomic E-state index is -3.57. The number of thiazole rings is 1. The first-order chi connectivity index (χ1) is 66.0. The van der Waals surface area contributed by atoms with Crippen molar-refractivity contribution in [2.75, 3.05) is 45.0 Å². The molecule has 18 amide bonds. The van der Waals surface area contributed by atoms with Gasteiger partial charge in [0.15, 0.2) is 16.6 Å². The molecular weight excluding hydrogens is 1870 g/mol. The molecule has 0 radical (unpaired) electrons. The first-order valence-electron chi connectivity index (χ1n) is 41.0. The fraction of sp³-hybridized carbons (Fsp3) is 0.0737. The molecule has 0 saturated carbocycles. The van der Waals surface area contributed by atoms with Crippen molar-refractivity contribution in [2.24, 2.45) is 0 Å². The molecular formula is C95H66ClN15O24S3. The Labute approximate surface area is 790 Å². The van der Waals surface area contributed by atoms with Gasteiger partial charge in [-0.2, -0.15) is 4.31 Å². The van der Waals surface area contributed by atoms with Crippen LogP contribution in [0.1, 0.15) is 228 Å². The second kappa shape index (κ2) is 40.2. The van der Waals surface area contributed by atoms with Gasteiger partial charge in [-0.05, 0) is 197 Å². The highest BCUT2D eigenvalue weighted by atomic mass is 35.5. The number of hydrogen-bond donors (Lipinski definition) is 12. The number of benzene rings is 10. The van der Waals surface area contributed by atoms with Gasteiger partial charge in [-0.15, -0.1) is 22.7 Å². The first kappa shape index (κ1) is 94.6. The summed E-state index contributed by atoms with van der Waals surface area (Å²) >= 11 is 8.20. The quantitative estimate of drug-likeness (QED) is 0.0185. The number of piperidine rings is 1. The monoisotopic (exact) mass is 1930 g/mol. The van der Waals surface area contributed by atoms with E-state index < -0.39 is 104 Å². The highest BCUT2D eigenvalue weighted by molar-refractivity contribution is 7.89. The number of anilines is 6. The summed E-state index contributed by atoms with van der Waals surface area (Å²) < 4.78 is 33.1. The number of carbonyl (C=O) groups excluding carboxylic acids is 19. The lowest BCUT2D eigenvalue weighted by Crippen LogP contribution is -2.35. The van der Waals surface area contributed by atoms with E-state index in [1.165, 1.54) is 120 Å². The van der Waals surface area contributed by atoms with E-state index in [9.17, 15) is 110 Å². The van der Waals surface area contributed by atoms with Crippen molar-refractivity contribution in [3.05, 3.63) is 355 Å². The van der Waals surface area contributed by atoms with Crippen molar-refractivity contribution in [3.63, 3.8) is 0 Å². The molecule has 0 bridgehead atoms. The molecule has 10 heterocycles. The number of sulfonamides is 1. The summed E-state index contributed by atoms with van der Waals surface area (Å²) in [5.74, 6) is -9.44. The lowest BCUT2D eigenvalue weighted by Gasteiger charge is -2.25. The number of hydrogen-bond acceptors (Lipinski definition) is 27. The minimum absolute atomic E-state index is 0.0434. The van der Waals surface area contributed by atoms with Crippen LogP contribution in [0, 0.1) is 17.0 Å². The molecule has 20 rings (SSSR count). The summed E-state index contributed by atoms with van der Waals surface area (Å²) in [6, 6.07) is 59.4. The van der Waals surface area contributed by atoms with Crippen molar-refractivity contribution >= 4 is 207 Å². The number of para-hydroxylation sites is 1. The van der Waals surface area contributed by atoms with Gasteiger partial charge in [-0.1, -0.05) is 78.2 Å². The standard InChI is InChI=1S/C20H19N3O5S.C17H12N2O4.C16H9N3O3S.C16H12N2O3.C13H7ClN2O3S.C13H7N3O6/c24-18(21-16-6-4-5-15-17(16)20(26)22-19(15)25)13-7-9-14(10-8-13)29(27,28)23-11-2-1-3-12-23;1-9(20)10-2-4-11(5-3-10)15(21)18-12-6-7-13-14(8-12)17(23)19-16(13)22;20-13-9-6-5-8(7-10(9)14(21)19-13)17-15(22)16-18-11-3-1-2-4-12(11)23-16;1-9-2-4-10(5-3-9)14(19)17-11-6-7-12-13(8-11)16(21)18-15(12)20;14-9-5-4-8(20-9)12(18)15-7-3-1-2-6-10(7)13(19)16-11(6)17;17-11-6-2-1-3-7(10(6)13(19)15-11)14-12(18)8-4-5-9(22-8)16(20)21/h4-10H,1-3,11-12H2,(H,21,24)(H,22,25,26);2-8H,1H3,(H,18,21)(H,19,22,23);1-7H,(H,17,22)(H,19,20,21);2-8H,1H3,(H,17,19)(H,18,20,21);1-5H,(H,15,18)(H,16,17,19);1-5H,(H,14,18)(H,15,17,19). The van der Waals surface area contributed by atoms with Crippen LogP contribution in [0.2, 0.25) is 4.34 Å². The number of carbonyl (C=O) groups is 19. The highest BCUT2D eigenvalue weighted by Crippen LogP contribution is 2.33. The lowest BCUT2D eigenvalue weighted by molar-refractivity contribution is -0.402. The van der Waals surface area contributed by atoms with Crippen LogP contribution in [-0.4, -0.2) is 148 Å². The van der Waals surface area contributed by atoms with E-state index in [1.807, 2.05) is 43.3 Å². The number of Topliss-reactive ketones (excluding diaryl/α,β-unsaturated/α-hetero) is 1. The smallest absolute Gasteiger partial charge is 0.395 e. The third kappa shape index (κ3) is 20.9. The van der Waals surface area contributed by atoms with Gasteiger partial charge in [0.2, 0.25) is 10.0 Å². The maximum atomic E-state index is 12.7. The number of aromatic nitrogens is 1. The molecule has 12 N–H and O–H groups in total. The summed E-state index contributed by atoms with van der Waals surface area (Å²) in [6.45, 7) is 4.40. The average molecular weight is 1930 g/mol. The lowest BCUT2D eigenvalue weighted by atomic mass is 10.1. The van der Waals surface area contributed by atoms with Crippen LogP contribution in [0.3, 0.4) is 0 Å². The Morgan fingerprint density at radius 2 is 0.775 bits per heavy atom. The number of nitrogens with one attached hydrogen (secondary N) is 12. The molecule has 0 unspecified atom stereocenters. The highest BCUT2D eigenvalue weighted by Gasteiger charge is 2.36. The van der Waals surface area contributed by atoms with Gasteiger partial charge in [0, 0.05) is 52.4 Å². The van der Waals surface area contributed by atoms with E-state index in [0.29, 0.717) is 83.4 Å². The van der Waals surface area contributed by atoms with Crippen LogP contribution in [0.5, 0.6) is 0 Å². The number of ketones is 1. The summed E-state index contributed by atoms with van der Waals surface area (Å²) in [4.78, 5) is 238. The molecule has 1 fully saturated rings. The van der Waals surface area contributed by atoms with Crippen LogP contribution < -0.4 is 63.8 Å². The predicted octanol–water partition coefficient (Wildman–Crippen LogP) is 12.4. The van der Waals surface area contributed by atoms with E-state index in [1.54, 1.807) is 84.9 Å². The third-order valence-corrected chi connectivity index (χ3v) is 25.4. The summed E-state index contributed by atoms with van der Waals surface area (Å²) in [5.41, 5.74) is 8.16. The van der Waals surface area contributed by atoms with Crippen molar-refractivity contribution in [1.29, 1.82) is 0 Å². The zero-order valence-electron chi connectivity index (χ0n) is 71.2. The number of aryl methyl sites for hydroxylation is 1. The number of halogens is 1. The van der Waals surface area contributed by atoms with E-state index in [-0.39, 0.29) is 107 Å². The number of imide groups is 6. The number of nitrogens with zero attached hydrogens (tertiary/aromatic N) is 3. The van der Waals surface area contributed by atoms with E-state index >= 15 is 0 Å². The largest absolute Gasteiger partial charge is 0.433 e. The maximum absolute atomic E-state index is 12.7. The predicted molar refractivity (Wildman–Crippen MR) is 498 cm³/mol. The van der Waals surface area contributed by atoms with Gasteiger partial charge in [0.1, 0.15) is 4.92 Å². The van der Waals surface area contributed by atoms with Gasteiger partial charge in [0.05, 0.1) is 114 Å². The Morgan fingerprint density at radius 1 is 0.391 bits per heavy atom. The molecule has 0 aliphatic carbocycles. The Balaban J connectivity index is 0.000000126. The Kier molecular flexibility index (Phi) is 27.6. The van der Waals surface area contributed by atoms with Crippen LogP contribution in [0.15, 0.2) is 240 Å². The molecule has 10 aromatic carbocycles. The second-order valence-corrected chi connectivity index (χ2v) is 35.0. The molecule has 7 aliphatic heterocycles.